The molecule has 0 heterocycles. The second kappa shape index (κ2) is 6.22. The Morgan fingerprint density at radius 1 is 1.37 bits per heavy atom. The normalized spacial score (nSPS) is 12.7. The molecule has 0 atom stereocenters. The van der Waals surface area contributed by atoms with E-state index in [0.29, 0.717) is 17.0 Å². The fraction of sp³-hybridized carbons (Fsp3) is 0.538. The molecule has 1 aromatic carbocycles. The number of hydrogen-bond donors (Lipinski definition) is 2. The molecule has 0 aliphatic carbocycles. The first-order valence-corrected chi connectivity index (χ1v) is 7.91. The van der Waals surface area contributed by atoms with Crippen molar-refractivity contribution in [1.82, 2.24) is 4.72 Å². The smallest absolute Gasteiger partial charge is 0.240 e. The van der Waals surface area contributed by atoms with E-state index in [1.54, 1.807) is 19.1 Å². The summed E-state index contributed by atoms with van der Waals surface area (Å²) in [6.45, 7) is 5.83. The SMILES string of the molecule is Cc1cc(Cl)ccc1S(=O)(=O)NCC(C)(C)CCO. The molecule has 1 aromatic rings. The van der Waals surface area contributed by atoms with Crippen molar-refractivity contribution >= 4 is 21.6 Å². The van der Waals surface area contributed by atoms with Crippen LogP contribution in [-0.2, 0) is 10.0 Å². The molecule has 0 radical (unpaired) electrons. The Kier molecular flexibility index (Phi) is 5.38. The largest absolute Gasteiger partial charge is 0.396 e. The van der Waals surface area contributed by atoms with Gasteiger partial charge in [0.05, 0.1) is 4.90 Å². The number of hydrogen-bond acceptors (Lipinski definition) is 3. The van der Waals surface area contributed by atoms with Crippen molar-refractivity contribution in [2.24, 2.45) is 5.41 Å². The highest BCUT2D eigenvalue weighted by Crippen LogP contribution is 2.22. The van der Waals surface area contributed by atoms with Crippen molar-refractivity contribution in [1.29, 1.82) is 0 Å². The molecule has 108 valence electrons. The highest BCUT2D eigenvalue weighted by molar-refractivity contribution is 7.89. The topological polar surface area (TPSA) is 66.4 Å². The van der Waals surface area contributed by atoms with Crippen LogP contribution in [0.25, 0.3) is 0 Å². The van der Waals surface area contributed by atoms with Crippen molar-refractivity contribution in [2.45, 2.75) is 32.1 Å². The van der Waals surface area contributed by atoms with E-state index in [0.717, 1.165) is 0 Å². The molecule has 4 nitrogen and oxygen atoms in total. The first kappa shape index (κ1) is 16.4. The Morgan fingerprint density at radius 3 is 2.53 bits per heavy atom. The van der Waals surface area contributed by atoms with Crippen LogP contribution >= 0.6 is 11.6 Å². The Bertz CT molecular complexity index is 541. The fourth-order valence-corrected chi connectivity index (χ4v) is 3.37. The molecule has 0 saturated carbocycles. The van der Waals surface area contributed by atoms with Gasteiger partial charge in [0.25, 0.3) is 0 Å². The third-order valence-electron chi connectivity index (χ3n) is 2.96. The summed E-state index contributed by atoms with van der Waals surface area (Å²) in [7, 11) is -3.55. The van der Waals surface area contributed by atoms with E-state index in [1.807, 2.05) is 13.8 Å². The van der Waals surface area contributed by atoms with Crippen LogP contribution < -0.4 is 4.72 Å². The molecule has 19 heavy (non-hydrogen) atoms. The zero-order chi connectivity index (χ0) is 14.7. The maximum absolute atomic E-state index is 12.2. The van der Waals surface area contributed by atoms with Crippen LogP contribution in [0.4, 0.5) is 0 Å². The molecule has 0 fully saturated rings. The summed E-state index contributed by atoms with van der Waals surface area (Å²) in [6.07, 6.45) is 0.537. The Hall–Kier alpha value is -0.620. The van der Waals surface area contributed by atoms with Gasteiger partial charge < -0.3 is 5.11 Å². The molecule has 1 rings (SSSR count). The van der Waals surface area contributed by atoms with Crippen LogP contribution in [-0.4, -0.2) is 26.7 Å². The van der Waals surface area contributed by atoms with Gasteiger partial charge in [-0.15, -0.1) is 0 Å². The number of aryl methyl sites for hydroxylation is 1. The number of halogens is 1. The zero-order valence-corrected chi connectivity index (χ0v) is 13.0. The molecule has 0 unspecified atom stereocenters. The molecular formula is C13H20ClNO3S. The van der Waals surface area contributed by atoms with Gasteiger partial charge >= 0.3 is 0 Å². The zero-order valence-electron chi connectivity index (χ0n) is 11.4. The van der Waals surface area contributed by atoms with Crippen LogP contribution in [0, 0.1) is 12.3 Å². The lowest BCUT2D eigenvalue weighted by atomic mass is 9.90. The van der Waals surface area contributed by atoms with Crippen LogP contribution in [0.2, 0.25) is 5.02 Å². The van der Waals surface area contributed by atoms with Gasteiger partial charge in [0, 0.05) is 18.2 Å². The predicted octanol–water partition coefficient (Wildman–Crippen LogP) is 2.34. The minimum atomic E-state index is -3.55. The van der Waals surface area contributed by atoms with Crippen molar-refractivity contribution < 1.29 is 13.5 Å². The van der Waals surface area contributed by atoms with E-state index >= 15 is 0 Å². The standard InChI is InChI=1S/C13H20ClNO3S/c1-10-8-11(14)4-5-12(10)19(17,18)15-9-13(2,3)6-7-16/h4-5,8,15-16H,6-7,9H2,1-3H3. The minimum Gasteiger partial charge on any atom is -0.396 e. The molecule has 0 bridgehead atoms. The van der Waals surface area contributed by atoms with Crippen LogP contribution in [0.1, 0.15) is 25.8 Å². The molecule has 0 aromatic heterocycles. The summed E-state index contributed by atoms with van der Waals surface area (Å²) in [4.78, 5) is 0.233. The Labute approximate surface area is 119 Å². The second-order valence-corrected chi connectivity index (χ2v) is 7.54. The molecular weight excluding hydrogens is 286 g/mol. The first-order valence-electron chi connectivity index (χ1n) is 6.05. The summed E-state index contributed by atoms with van der Waals surface area (Å²) in [5.74, 6) is 0. The van der Waals surface area contributed by atoms with Gasteiger partial charge in [0.15, 0.2) is 0 Å². The maximum atomic E-state index is 12.2. The molecule has 2 N–H and O–H groups in total. The third-order valence-corrected chi connectivity index (χ3v) is 4.75. The second-order valence-electron chi connectivity index (χ2n) is 5.37. The summed E-state index contributed by atoms with van der Waals surface area (Å²) < 4.78 is 27.0. The minimum absolute atomic E-state index is 0.0364. The lowest BCUT2D eigenvalue weighted by Gasteiger charge is -2.24. The van der Waals surface area contributed by atoms with Crippen LogP contribution in [0.15, 0.2) is 23.1 Å². The maximum Gasteiger partial charge on any atom is 0.240 e. The summed E-state index contributed by atoms with van der Waals surface area (Å²) in [5, 5.41) is 9.44. The predicted molar refractivity (Wildman–Crippen MR) is 76.9 cm³/mol. The van der Waals surface area contributed by atoms with Crippen molar-refractivity contribution in [3.8, 4) is 0 Å². The van der Waals surface area contributed by atoms with Crippen molar-refractivity contribution in [2.75, 3.05) is 13.2 Å². The number of aliphatic hydroxyl groups is 1. The van der Waals surface area contributed by atoms with Crippen LogP contribution in [0.3, 0.4) is 0 Å². The number of aliphatic hydroxyl groups excluding tert-OH is 1. The van der Waals surface area contributed by atoms with E-state index in [4.69, 9.17) is 16.7 Å². The van der Waals surface area contributed by atoms with E-state index < -0.39 is 10.0 Å². The number of rotatable bonds is 6. The fourth-order valence-electron chi connectivity index (χ4n) is 1.67. The Morgan fingerprint density at radius 2 is 2.00 bits per heavy atom. The molecule has 0 aliphatic heterocycles. The Balaban J connectivity index is 2.87. The summed E-state index contributed by atoms with van der Waals surface area (Å²) in [6, 6.07) is 4.68. The monoisotopic (exact) mass is 305 g/mol. The molecule has 0 amide bonds. The van der Waals surface area contributed by atoms with Gasteiger partial charge in [-0.25, -0.2) is 13.1 Å². The highest BCUT2D eigenvalue weighted by atomic mass is 35.5. The van der Waals surface area contributed by atoms with E-state index in [1.165, 1.54) is 6.07 Å². The summed E-state index contributed by atoms with van der Waals surface area (Å²) >= 11 is 5.81. The molecule has 0 spiro atoms. The van der Waals surface area contributed by atoms with Gasteiger partial charge in [0.2, 0.25) is 10.0 Å². The van der Waals surface area contributed by atoms with Gasteiger partial charge in [-0.05, 0) is 42.5 Å². The van der Waals surface area contributed by atoms with Gasteiger partial charge in [-0.3, -0.25) is 0 Å². The average Bonchev–Trinajstić information content (AvgIpc) is 2.26. The van der Waals surface area contributed by atoms with E-state index in [-0.39, 0.29) is 23.5 Å². The molecule has 6 heteroatoms. The van der Waals surface area contributed by atoms with Gasteiger partial charge in [0.1, 0.15) is 0 Å². The van der Waals surface area contributed by atoms with Gasteiger partial charge in [-0.2, -0.15) is 0 Å². The van der Waals surface area contributed by atoms with E-state index in [9.17, 15) is 8.42 Å². The van der Waals surface area contributed by atoms with Gasteiger partial charge in [-0.1, -0.05) is 25.4 Å². The third kappa shape index (κ3) is 4.76. The lowest BCUT2D eigenvalue weighted by molar-refractivity contribution is 0.213. The van der Waals surface area contributed by atoms with Crippen LogP contribution in [0.5, 0.6) is 0 Å². The first-order chi connectivity index (χ1) is 8.68. The van der Waals surface area contributed by atoms with E-state index in [2.05, 4.69) is 4.72 Å². The van der Waals surface area contributed by atoms with Crippen molar-refractivity contribution in [3.63, 3.8) is 0 Å². The highest BCUT2D eigenvalue weighted by Gasteiger charge is 2.23. The average molecular weight is 306 g/mol. The molecule has 0 saturated heterocycles. The summed E-state index contributed by atoms with van der Waals surface area (Å²) in [5.41, 5.74) is 0.322. The number of nitrogens with one attached hydrogen (secondary N) is 1. The number of benzene rings is 1. The number of sulfonamides is 1. The lowest BCUT2D eigenvalue weighted by Crippen LogP contribution is -2.34. The van der Waals surface area contributed by atoms with Crippen molar-refractivity contribution in [3.05, 3.63) is 28.8 Å². The quantitative estimate of drug-likeness (QED) is 0.847. The molecule has 0 aliphatic rings.